The molecule has 1 aliphatic carbocycles. The Morgan fingerprint density at radius 2 is 2.09 bits per heavy atom. The van der Waals surface area contributed by atoms with Crippen LogP contribution in [0.15, 0.2) is 30.3 Å². The standard InChI is InChI=1S/C18H21N3O/c1-11-5-6-12-3-2-4-14(17(12)20-11)18(22)21-9-13-7-8-16(19)15(13)10-21/h2-6,13,15-16H,7-10,19H2,1H3. The van der Waals surface area contributed by atoms with Crippen LogP contribution in [0.2, 0.25) is 0 Å². The van der Waals surface area contributed by atoms with Crippen LogP contribution in [-0.4, -0.2) is 34.9 Å². The van der Waals surface area contributed by atoms with Gasteiger partial charge in [-0.2, -0.15) is 0 Å². The van der Waals surface area contributed by atoms with Gasteiger partial charge in [0.2, 0.25) is 0 Å². The second-order valence-corrected chi connectivity index (χ2v) is 6.71. The molecule has 3 unspecified atom stereocenters. The molecule has 2 aromatic rings. The fraction of sp³-hybridized carbons (Fsp3) is 0.444. The lowest BCUT2D eigenvalue weighted by Crippen LogP contribution is -2.33. The molecule has 1 aromatic carbocycles. The fourth-order valence-electron chi connectivity index (χ4n) is 4.06. The Kier molecular flexibility index (Phi) is 3.15. The molecule has 4 rings (SSSR count). The van der Waals surface area contributed by atoms with Gasteiger partial charge in [-0.05, 0) is 43.7 Å². The Bertz CT molecular complexity index is 742. The zero-order valence-corrected chi connectivity index (χ0v) is 12.8. The lowest BCUT2D eigenvalue weighted by molar-refractivity contribution is 0.0781. The van der Waals surface area contributed by atoms with Crippen LogP contribution in [0.25, 0.3) is 10.9 Å². The number of amides is 1. The highest BCUT2D eigenvalue weighted by atomic mass is 16.2. The highest BCUT2D eigenvalue weighted by Gasteiger charge is 2.42. The second kappa shape index (κ2) is 5.06. The van der Waals surface area contributed by atoms with Crippen molar-refractivity contribution in [2.45, 2.75) is 25.8 Å². The Morgan fingerprint density at radius 1 is 1.23 bits per heavy atom. The maximum Gasteiger partial charge on any atom is 0.256 e. The molecular weight excluding hydrogens is 274 g/mol. The van der Waals surface area contributed by atoms with Crippen molar-refractivity contribution in [3.8, 4) is 0 Å². The highest BCUT2D eigenvalue weighted by Crippen LogP contribution is 2.37. The van der Waals surface area contributed by atoms with E-state index in [1.54, 1.807) is 0 Å². The lowest BCUT2D eigenvalue weighted by atomic mass is 9.98. The monoisotopic (exact) mass is 295 g/mol. The molecule has 0 spiro atoms. The van der Waals surface area contributed by atoms with Gasteiger partial charge in [-0.1, -0.05) is 18.2 Å². The maximum atomic E-state index is 13.0. The van der Waals surface area contributed by atoms with Crippen molar-refractivity contribution in [3.63, 3.8) is 0 Å². The first-order valence-electron chi connectivity index (χ1n) is 8.05. The number of carbonyl (C=O) groups excluding carboxylic acids is 1. The number of benzene rings is 1. The summed E-state index contributed by atoms with van der Waals surface area (Å²) in [6, 6.07) is 10.1. The van der Waals surface area contributed by atoms with Crippen LogP contribution >= 0.6 is 0 Å². The minimum Gasteiger partial charge on any atom is -0.338 e. The van der Waals surface area contributed by atoms with Crippen LogP contribution in [0, 0.1) is 18.8 Å². The van der Waals surface area contributed by atoms with Crippen molar-refractivity contribution < 1.29 is 4.79 Å². The highest BCUT2D eigenvalue weighted by molar-refractivity contribution is 6.05. The van der Waals surface area contributed by atoms with Gasteiger partial charge in [0.05, 0.1) is 11.1 Å². The average Bonchev–Trinajstić information content (AvgIpc) is 3.08. The number of nitrogens with two attached hydrogens (primary N) is 1. The molecular formula is C18H21N3O. The summed E-state index contributed by atoms with van der Waals surface area (Å²) in [7, 11) is 0. The van der Waals surface area contributed by atoms with Gasteiger partial charge < -0.3 is 10.6 Å². The number of fused-ring (bicyclic) bond motifs is 2. The number of likely N-dealkylation sites (tertiary alicyclic amines) is 1. The number of aromatic nitrogens is 1. The molecule has 4 nitrogen and oxygen atoms in total. The lowest BCUT2D eigenvalue weighted by Gasteiger charge is -2.19. The summed E-state index contributed by atoms with van der Waals surface area (Å²) in [5, 5.41) is 1.02. The number of nitrogens with zero attached hydrogens (tertiary/aromatic N) is 2. The largest absolute Gasteiger partial charge is 0.338 e. The number of aryl methyl sites for hydroxylation is 1. The predicted octanol–water partition coefficient (Wildman–Crippen LogP) is 2.35. The van der Waals surface area contributed by atoms with Gasteiger partial charge in [-0.3, -0.25) is 9.78 Å². The molecule has 0 bridgehead atoms. The summed E-state index contributed by atoms with van der Waals surface area (Å²) in [5.74, 6) is 1.17. The van der Waals surface area contributed by atoms with E-state index >= 15 is 0 Å². The molecule has 22 heavy (non-hydrogen) atoms. The SMILES string of the molecule is Cc1ccc2cccc(C(=O)N3CC4CCC(N)C4C3)c2n1. The van der Waals surface area contributed by atoms with E-state index in [2.05, 4.69) is 4.98 Å². The van der Waals surface area contributed by atoms with Crippen molar-refractivity contribution in [2.24, 2.45) is 17.6 Å². The molecule has 1 amide bonds. The van der Waals surface area contributed by atoms with Gasteiger partial charge in [0, 0.05) is 30.2 Å². The van der Waals surface area contributed by atoms with E-state index < -0.39 is 0 Å². The predicted molar refractivity (Wildman–Crippen MR) is 86.6 cm³/mol. The molecule has 1 saturated heterocycles. The second-order valence-electron chi connectivity index (χ2n) is 6.71. The number of rotatable bonds is 1. The van der Waals surface area contributed by atoms with E-state index in [9.17, 15) is 4.79 Å². The first-order chi connectivity index (χ1) is 10.6. The first-order valence-corrected chi connectivity index (χ1v) is 8.05. The van der Waals surface area contributed by atoms with Crippen LogP contribution in [0.4, 0.5) is 0 Å². The zero-order chi connectivity index (χ0) is 15.3. The zero-order valence-electron chi connectivity index (χ0n) is 12.8. The van der Waals surface area contributed by atoms with E-state index in [-0.39, 0.29) is 11.9 Å². The average molecular weight is 295 g/mol. The number of hydrogen-bond donors (Lipinski definition) is 1. The van der Waals surface area contributed by atoms with E-state index in [4.69, 9.17) is 5.73 Å². The normalized spacial score (nSPS) is 27.4. The third-order valence-electron chi connectivity index (χ3n) is 5.29. The molecule has 114 valence electrons. The molecule has 2 fully saturated rings. The topological polar surface area (TPSA) is 59.2 Å². The Labute approximate surface area is 130 Å². The molecule has 4 heteroatoms. The van der Waals surface area contributed by atoms with Crippen molar-refractivity contribution in [1.82, 2.24) is 9.88 Å². The Morgan fingerprint density at radius 3 is 2.91 bits per heavy atom. The maximum absolute atomic E-state index is 13.0. The van der Waals surface area contributed by atoms with Crippen LogP contribution in [0.1, 0.15) is 28.9 Å². The number of hydrogen-bond acceptors (Lipinski definition) is 3. The molecule has 3 atom stereocenters. The molecule has 1 aliphatic heterocycles. The van der Waals surface area contributed by atoms with Crippen molar-refractivity contribution in [2.75, 3.05) is 13.1 Å². The minimum absolute atomic E-state index is 0.102. The minimum atomic E-state index is 0.102. The van der Waals surface area contributed by atoms with Gasteiger partial charge >= 0.3 is 0 Å². The van der Waals surface area contributed by atoms with E-state index in [0.29, 0.717) is 11.8 Å². The quantitative estimate of drug-likeness (QED) is 0.878. The van der Waals surface area contributed by atoms with Gasteiger partial charge in [0.15, 0.2) is 0 Å². The Hall–Kier alpha value is -1.94. The van der Waals surface area contributed by atoms with Crippen LogP contribution in [0.5, 0.6) is 0 Å². The molecule has 1 saturated carbocycles. The van der Waals surface area contributed by atoms with Crippen LogP contribution < -0.4 is 5.73 Å². The van der Waals surface area contributed by atoms with E-state index in [1.807, 2.05) is 42.2 Å². The molecule has 2 N–H and O–H groups in total. The van der Waals surface area contributed by atoms with Gasteiger partial charge in [-0.25, -0.2) is 0 Å². The van der Waals surface area contributed by atoms with Crippen molar-refractivity contribution in [3.05, 3.63) is 41.6 Å². The van der Waals surface area contributed by atoms with Gasteiger partial charge in [-0.15, -0.1) is 0 Å². The van der Waals surface area contributed by atoms with Crippen LogP contribution in [-0.2, 0) is 0 Å². The summed E-state index contributed by atoms with van der Waals surface area (Å²) in [6.45, 7) is 3.60. The van der Waals surface area contributed by atoms with Crippen LogP contribution in [0.3, 0.4) is 0 Å². The van der Waals surface area contributed by atoms with Gasteiger partial charge in [0.25, 0.3) is 5.91 Å². The number of carbonyl (C=O) groups is 1. The van der Waals surface area contributed by atoms with E-state index in [0.717, 1.165) is 48.1 Å². The van der Waals surface area contributed by atoms with E-state index in [1.165, 1.54) is 0 Å². The molecule has 0 radical (unpaired) electrons. The third kappa shape index (κ3) is 2.10. The summed E-state index contributed by atoms with van der Waals surface area (Å²) in [5.41, 5.74) is 8.65. The third-order valence-corrected chi connectivity index (χ3v) is 5.29. The molecule has 1 aromatic heterocycles. The summed E-state index contributed by atoms with van der Waals surface area (Å²) in [6.07, 6.45) is 2.26. The summed E-state index contributed by atoms with van der Waals surface area (Å²) < 4.78 is 0. The van der Waals surface area contributed by atoms with Gasteiger partial charge in [0.1, 0.15) is 0 Å². The smallest absolute Gasteiger partial charge is 0.256 e. The number of para-hydroxylation sites is 1. The van der Waals surface area contributed by atoms with Crippen molar-refractivity contribution in [1.29, 1.82) is 0 Å². The molecule has 2 heterocycles. The fourth-order valence-corrected chi connectivity index (χ4v) is 4.06. The number of pyridine rings is 1. The van der Waals surface area contributed by atoms with Crippen molar-refractivity contribution >= 4 is 16.8 Å². The summed E-state index contributed by atoms with van der Waals surface area (Å²) >= 11 is 0. The summed E-state index contributed by atoms with van der Waals surface area (Å²) in [4.78, 5) is 19.5. The molecule has 2 aliphatic rings. The first kappa shape index (κ1) is 13.7. The Balaban J connectivity index is 1.68.